The van der Waals surface area contributed by atoms with Crippen LogP contribution in [-0.4, -0.2) is 64.8 Å². The van der Waals surface area contributed by atoms with E-state index < -0.39 is 12.2 Å². The molecule has 0 bridgehead atoms. The van der Waals surface area contributed by atoms with E-state index in [0.717, 1.165) is 84.9 Å². The molecule has 3 aromatic rings. The van der Waals surface area contributed by atoms with Crippen molar-refractivity contribution in [2.45, 2.75) is 104 Å². The molecule has 0 N–H and O–H groups in total. The number of esters is 2. The molecule has 0 aliphatic heterocycles. The number of fused-ring (bicyclic) bond motifs is 2. The average molecular weight is 639 g/mol. The van der Waals surface area contributed by atoms with Crippen LogP contribution < -0.4 is 9.47 Å². The third kappa shape index (κ3) is 11.5. The number of hydrogen-bond donors (Lipinski definition) is 0. The second-order valence-corrected chi connectivity index (χ2v) is 11.8. The summed E-state index contributed by atoms with van der Waals surface area (Å²) in [5, 5.41) is 3.51. The minimum absolute atomic E-state index is 0.146. The van der Waals surface area contributed by atoms with Crippen molar-refractivity contribution in [2.75, 3.05) is 40.6 Å². The van der Waals surface area contributed by atoms with Gasteiger partial charge in [-0.05, 0) is 30.9 Å². The van der Waals surface area contributed by atoms with Crippen molar-refractivity contribution >= 4 is 33.5 Å². The summed E-state index contributed by atoms with van der Waals surface area (Å²) in [5.41, 5.74) is 1.15. The van der Waals surface area contributed by atoms with Gasteiger partial charge >= 0.3 is 11.9 Å². The summed E-state index contributed by atoms with van der Waals surface area (Å²) in [6, 6.07) is 14.2. The second kappa shape index (κ2) is 20.7. The van der Waals surface area contributed by atoms with Crippen LogP contribution in [0.25, 0.3) is 21.5 Å². The standard InChI is InChI=1S/C38H54O8/c1-6-9-11-13-19-35(39)45-29(24-41-4)26-43-37-31-17-15-16-18-32(31)38(34-23-28(8-3)21-22-33(34)37)44-27-30(25-42-5)46-36(40)20-14-12-10-7-2/h15-18,21-23,29-30H,6-14,19-20,24-27H2,1-5H3. The Bertz CT molecular complexity index is 1350. The van der Waals surface area contributed by atoms with Crippen molar-refractivity contribution in [1.82, 2.24) is 0 Å². The molecule has 0 fully saturated rings. The fraction of sp³-hybridized carbons (Fsp3) is 0.579. The molecule has 2 atom stereocenters. The molecule has 3 rings (SSSR count). The van der Waals surface area contributed by atoms with Gasteiger partial charge in [0, 0.05) is 48.6 Å². The van der Waals surface area contributed by atoms with E-state index in [0.29, 0.717) is 24.3 Å². The number of methoxy groups -OCH3 is 2. The Kier molecular flexibility index (Phi) is 16.7. The zero-order valence-corrected chi connectivity index (χ0v) is 28.6. The Balaban J connectivity index is 1.88. The summed E-state index contributed by atoms with van der Waals surface area (Å²) in [4.78, 5) is 25.2. The van der Waals surface area contributed by atoms with Gasteiger partial charge in [0.05, 0.1) is 13.2 Å². The maximum Gasteiger partial charge on any atom is 0.306 e. The van der Waals surface area contributed by atoms with Crippen molar-refractivity contribution in [3.63, 3.8) is 0 Å². The van der Waals surface area contributed by atoms with Gasteiger partial charge in [0.15, 0.2) is 12.2 Å². The van der Waals surface area contributed by atoms with E-state index in [1.54, 1.807) is 14.2 Å². The Morgan fingerprint density at radius 2 is 1.07 bits per heavy atom. The molecule has 0 aliphatic carbocycles. The fourth-order valence-electron chi connectivity index (χ4n) is 5.52. The molecular weight excluding hydrogens is 584 g/mol. The first-order valence-corrected chi connectivity index (χ1v) is 17.0. The summed E-state index contributed by atoms with van der Waals surface area (Å²) in [7, 11) is 3.18. The third-order valence-electron chi connectivity index (χ3n) is 8.00. The highest BCUT2D eigenvalue weighted by Gasteiger charge is 2.22. The van der Waals surface area contributed by atoms with Crippen LogP contribution >= 0.6 is 0 Å². The Hall–Kier alpha value is -3.36. The molecule has 0 aliphatic rings. The van der Waals surface area contributed by atoms with E-state index >= 15 is 0 Å². The van der Waals surface area contributed by atoms with Gasteiger partial charge in [-0.1, -0.05) is 95.7 Å². The molecule has 0 saturated heterocycles. The molecule has 0 aromatic heterocycles. The summed E-state index contributed by atoms with van der Waals surface area (Å²) in [6.45, 7) is 7.16. The lowest BCUT2D eigenvalue weighted by atomic mass is 9.98. The molecule has 0 heterocycles. The lowest BCUT2D eigenvalue weighted by molar-refractivity contribution is -0.154. The van der Waals surface area contributed by atoms with E-state index in [-0.39, 0.29) is 38.4 Å². The number of ether oxygens (including phenoxy) is 6. The molecular formula is C38H54O8. The summed E-state index contributed by atoms with van der Waals surface area (Å²) in [5.74, 6) is 0.911. The van der Waals surface area contributed by atoms with Crippen LogP contribution in [0.15, 0.2) is 42.5 Å². The molecule has 254 valence electrons. The molecule has 0 spiro atoms. The van der Waals surface area contributed by atoms with Crippen LogP contribution in [0.1, 0.15) is 90.5 Å². The van der Waals surface area contributed by atoms with E-state index in [1.165, 1.54) is 0 Å². The van der Waals surface area contributed by atoms with Gasteiger partial charge < -0.3 is 28.4 Å². The first kappa shape index (κ1) is 37.1. The number of aryl methyl sites for hydroxylation is 1. The van der Waals surface area contributed by atoms with Crippen molar-refractivity contribution in [3.05, 3.63) is 48.0 Å². The van der Waals surface area contributed by atoms with Gasteiger partial charge in [-0.25, -0.2) is 0 Å². The molecule has 2 unspecified atom stereocenters. The van der Waals surface area contributed by atoms with Crippen LogP contribution in [-0.2, 0) is 35.0 Å². The fourth-order valence-corrected chi connectivity index (χ4v) is 5.52. The van der Waals surface area contributed by atoms with Gasteiger partial charge in [-0.2, -0.15) is 0 Å². The molecule has 46 heavy (non-hydrogen) atoms. The zero-order valence-electron chi connectivity index (χ0n) is 28.6. The van der Waals surface area contributed by atoms with Crippen molar-refractivity contribution in [3.8, 4) is 11.5 Å². The number of carbonyl (C=O) groups is 2. The highest BCUT2D eigenvalue weighted by Crippen LogP contribution is 2.43. The largest absolute Gasteiger partial charge is 0.488 e. The topological polar surface area (TPSA) is 89.5 Å². The van der Waals surface area contributed by atoms with Crippen LogP contribution in [0.5, 0.6) is 11.5 Å². The monoisotopic (exact) mass is 638 g/mol. The van der Waals surface area contributed by atoms with Crippen LogP contribution in [0.2, 0.25) is 0 Å². The average Bonchev–Trinajstić information content (AvgIpc) is 3.06. The molecule has 0 amide bonds. The maximum absolute atomic E-state index is 12.6. The highest BCUT2D eigenvalue weighted by atomic mass is 16.6. The maximum atomic E-state index is 12.6. The first-order valence-electron chi connectivity index (χ1n) is 17.0. The predicted molar refractivity (Wildman–Crippen MR) is 183 cm³/mol. The first-order chi connectivity index (χ1) is 22.4. The summed E-state index contributed by atoms with van der Waals surface area (Å²) < 4.78 is 35.3. The van der Waals surface area contributed by atoms with Crippen LogP contribution in [0, 0.1) is 0 Å². The number of unbranched alkanes of at least 4 members (excludes halogenated alkanes) is 6. The molecule has 8 nitrogen and oxygen atoms in total. The third-order valence-corrected chi connectivity index (χ3v) is 8.00. The van der Waals surface area contributed by atoms with E-state index in [2.05, 4.69) is 39.0 Å². The Morgan fingerprint density at radius 3 is 1.52 bits per heavy atom. The number of benzene rings is 3. The van der Waals surface area contributed by atoms with E-state index in [4.69, 9.17) is 28.4 Å². The van der Waals surface area contributed by atoms with Crippen molar-refractivity contribution in [2.24, 2.45) is 0 Å². The van der Waals surface area contributed by atoms with E-state index in [9.17, 15) is 9.59 Å². The molecule has 8 heteroatoms. The van der Waals surface area contributed by atoms with Gasteiger partial charge in [0.2, 0.25) is 0 Å². The highest BCUT2D eigenvalue weighted by molar-refractivity contribution is 6.11. The minimum Gasteiger partial charge on any atom is -0.488 e. The van der Waals surface area contributed by atoms with Gasteiger partial charge in [-0.3, -0.25) is 9.59 Å². The number of rotatable bonds is 23. The van der Waals surface area contributed by atoms with Crippen molar-refractivity contribution in [1.29, 1.82) is 0 Å². The van der Waals surface area contributed by atoms with Gasteiger partial charge in [0.25, 0.3) is 0 Å². The predicted octanol–water partition coefficient (Wildman–Crippen LogP) is 8.37. The van der Waals surface area contributed by atoms with Crippen LogP contribution in [0.3, 0.4) is 0 Å². The lowest BCUT2D eigenvalue weighted by Gasteiger charge is -2.23. The molecule has 0 radical (unpaired) electrons. The quantitative estimate of drug-likeness (QED) is 0.0582. The van der Waals surface area contributed by atoms with Gasteiger partial charge in [-0.15, -0.1) is 0 Å². The second-order valence-electron chi connectivity index (χ2n) is 11.8. The van der Waals surface area contributed by atoms with Crippen molar-refractivity contribution < 1.29 is 38.0 Å². The normalized spacial score (nSPS) is 12.6. The van der Waals surface area contributed by atoms with Gasteiger partial charge in [0.1, 0.15) is 24.7 Å². The number of carbonyl (C=O) groups excluding carboxylic acids is 2. The Labute approximate surface area is 275 Å². The SMILES string of the molecule is CCCCCCC(=O)OC(COC)COc1c2ccccc2c(OCC(COC)OC(=O)CCCCCC)c2cc(CC)ccc12. The zero-order chi connectivity index (χ0) is 33.1. The summed E-state index contributed by atoms with van der Waals surface area (Å²) >= 11 is 0. The smallest absolute Gasteiger partial charge is 0.306 e. The Morgan fingerprint density at radius 1 is 0.587 bits per heavy atom. The lowest BCUT2D eigenvalue weighted by Crippen LogP contribution is -2.30. The molecule has 3 aromatic carbocycles. The van der Waals surface area contributed by atoms with E-state index in [1.807, 2.05) is 24.3 Å². The minimum atomic E-state index is -0.547. The van der Waals surface area contributed by atoms with Crippen LogP contribution in [0.4, 0.5) is 0 Å². The summed E-state index contributed by atoms with van der Waals surface area (Å²) in [6.07, 6.45) is 8.61. The number of hydrogen-bond acceptors (Lipinski definition) is 8. The molecule has 0 saturated carbocycles.